The van der Waals surface area contributed by atoms with Crippen LogP contribution in [0.5, 0.6) is 5.75 Å². The van der Waals surface area contributed by atoms with E-state index in [9.17, 15) is 4.79 Å². The molecule has 0 aromatic heterocycles. The summed E-state index contributed by atoms with van der Waals surface area (Å²) in [6.45, 7) is 1.84. The molecule has 1 heterocycles. The number of nitrogens with one attached hydrogen (secondary N) is 2. The average molecular weight is 304 g/mol. The van der Waals surface area contributed by atoms with Gasteiger partial charge in [0.1, 0.15) is 11.8 Å². The van der Waals surface area contributed by atoms with Gasteiger partial charge in [-0.15, -0.1) is 0 Å². The van der Waals surface area contributed by atoms with Crippen molar-refractivity contribution in [3.63, 3.8) is 0 Å². The zero-order valence-electron chi connectivity index (χ0n) is 13.2. The SMILES string of the molecule is COC(C)Oc1ccc(C2NC3(CCCCC3)NC2=O)cc1. The van der Waals surface area contributed by atoms with Gasteiger partial charge < -0.3 is 14.8 Å². The van der Waals surface area contributed by atoms with Gasteiger partial charge in [0, 0.05) is 7.11 Å². The van der Waals surface area contributed by atoms with Gasteiger partial charge in [-0.25, -0.2) is 0 Å². The Morgan fingerprint density at radius 2 is 1.86 bits per heavy atom. The van der Waals surface area contributed by atoms with E-state index in [4.69, 9.17) is 9.47 Å². The zero-order chi connectivity index (χ0) is 15.6. The minimum absolute atomic E-state index is 0.0702. The second-order valence-electron chi connectivity index (χ2n) is 6.20. The van der Waals surface area contributed by atoms with E-state index < -0.39 is 0 Å². The lowest BCUT2D eigenvalue weighted by atomic mass is 9.89. The molecule has 0 radical (unpaired) electrons. The van der Waals surface area contributed by atoms with Gasteiger partial charge >= 0.3 is 0 Å². The first kappa shape index (κ1) is 15.3. The quantitative estimate of drug-likeness (QED) is 0.839. The smallest absolute Gasteiger partial charge is 0.243 e. The van der Waals surface area contributed by atoms with Crippen molar-refractivity contribution in [2.24, 2.45) is 0 Å². The fraction of sp³-hybridized carbons (Fsp3) is 0.588. The van der Waals surface area contributed by atoms with Gasteiger partial charge in [0.15, 0.2) is 6.29 Å². The minimum Gasteiger partial charge on any atom is -0.465 e. The zero-order valence-corrected chi connectivity index (χ0v) is 13.2. The molecule has 1 saturated heterocycles. The van der Waals surface area contributed by atoms with Crippen LogP contribution in [0.2, 0.25) is 0 Å². The molecule has 1 aromatic rings. The van der Waals surface area contributed by atoms with E-state index in [1.54, 1.807) is 7.11 Å². The van der Waals surface area contributed by atoms with E-state index >= 15 is 0 Å². The summed E-state index contributed by atoms with van der Waals surface area (Å²) in [5, 5.41) is 6.69. The molecule has 3 rings (SSSR count). The Bertz CT molecular complexity index is 523. The van der Waals surface area contributed by atoms with E-state index in [0.717, 1.165) is 24.2 Å². The Labute approximate surface area is 131 Å². The predicted molar refractivity (Wildman–Crippen MR) is 83.4 cm³/mol. The first-order valence-electron chi connectivity index (χ1n) is 8.01. The van der Waals surface area contributed by atoms with Crippen molar-refractivity contribution in [2.45, 2.75) is 57.0 Å². The van der Waals surface area contributed by atoms with Gasteiger partial charge in [0.05, 0.1) is 5.66 Å². The van der Waals surface area contributed by atoms with Crippen LogP contribution < -0.4 is 15.4 Å². The summed E-state index contributed by atoms with van der Waals surface area (Å²) in [6.07, 6.45) is 5.34. The number of hydrogen-bond acceptors (Lipinski definition) is 4. The van der Waals surface area contributed by atoms with Crippen LogP contribution in [0.3, 0.4) is 0 Å². The molecule has 2 atom stereocenters. The van der Waals surface area contributed by atoms with Crippen LogP contribution in [0.4, 0.5) is 0 Å². The third-order valence-corrected chi connectivity index (χ3v) is 4.60. The van der Waals surface area contributed by atoms with Gasteiger partial charge in [-0.05, 0) is 50.3 Å². The second-order valence-corrected chi connectivity index (χ2v) is 6.20. The van der Waals surface area contributed by atoms with E-state index in [1.165, 1.54) is 19.3 Å². The lowest BCUT2D eigenvalue weighted by molar-refractivity contribution is -0.121. The molecule has 1 amide bonds. The second kappa shape index (κ2) is 6.26. The molecule has 5 nitrogen and oxygen atoms in total. The maximum absolute atomic E-state index is 12.3. The molecule has 2 N–H and O–H groups in total. The number of carbonyl (C=O) groups excluding carboxylic acids is 1. The van der Waals surface area contributed by atoms with Gasteiger partial charge in [-0.1, -0.05) is 18.6 Å². The Kier molecular flexibility index (Phi) is 4.36. The average Bonchev–Trinajstić information content (AvgIpc) is 2.84. The fourth-order valence-electron chi connectivity index (χ4n) is 3.32. The third-order valence-electron chi connectivity index (χ3n) is 4.60. The molecule has 1 spiro atoms. The summed E-state index contributed by atoms with van der Waals surface area (Å²) < 4.78 is 10.7. The molecule has 5 heteroatoms. The summed E-state index contributed by atoms with van der Waals surface area (Å²) >= 11 is 0. The van der Waals surface area contributed by atoms with Crippen molar-refractivity contribution < 1.29 is 14.3 Å². The Hall–Kier alpha value is -1.59. The molecule has 22 heavy (non-hydrogen) atoms. The summed E-state index contributed by atoms with van der Waals surface area (Å²) in [4.78, 5) is 12.3. The molecule has 1 aromatic carbocycles. The highest BCUT2D eigenvalue weighted by molar-refractivity contribution is 5.86. The normalized spacial score (nSPS) is 25.0. The number of hydrogen-bond donors (Lipinski definition) is 2. The van der Waals surface area contributed by atoms with Crippen LogP contribution in [0.25, 0.3) is 0 Å². The topological polar surface area (TPSA) is 59.6 Å². The lowest BCUT2D eigenvalue weighted by Crippen LogP contribution is -2.51. The van der Waals surface area contributed by atoms with Gasteiger partial charge in [-0.3, -0.25) is 10.1 Å². The van der Waals surface area contributed by atoms with Crippen molar-refractivity contribution >= 4 is 5.91 Å². The molecule has 2 unspecified atom stereocenters. The van der Waals surface area contributed by atoms with Gasteiger partial charge in [-0.2, -0.15) is 0 Å². The Morgan fingerprint density at radius 3 is 2.50 bits per heavy atom. The first-order valence-corrected chi connectivity index (χ1v) is 8.01. The van der Waals surface area contributed by atoms with Crippen molar-refractivity contribution in [1.82, 2.24) is 10.6 Å². The van der Waals surface area contributed by atoms with E-state index in [2.05, 4.69) is 10.6 Å². The highest BCUT2D eigenvalue weighted by atomic mass is 16.7. The monoisotopic (exact) mass is 304 g/mol. The Balaban J connectivity index is 1.70. The van der Waals surface area contributed by atoms with E-state index in [0.29, 0.717) is 0 Å². The van der Waals surface area contributed by atoms with Gasteiger partial charge in [0.2, 0.25) is 5.91 Å². The summed E-state index contributed by atoms with van der Waals surface area (Å²) in [6, 6.07) is 7.37. The number of rotatable bonds is 4. The molecule has 120 valence electrons. The summed E-state index contributed by atoms with van der Waals surface area (Å²) in [5.74, 6) is 0.810. The van der Waals surface area contributed by atoms with E-state index in [1.807, 2.05) is 31.2 Å². The van der Waals surface area contributed by atoms with Crippen molar-refractivity contribution in [2.75, 3.05) is 7.11 Å². The highest BCUT2D eigenvalue weighted by Gasteiger charge is 2.44. The maximum Gasteiger partial charge on any atom is 0.243 e. The van der Waals surface area contributed by atoms with Crippen molar-refractivity contribution in [3.8, 4) is 5.75 Å². The minimum atomic E-state index is -0.288. The van der Waals surface area contributed by atoms with Crippen LogP contribution in [-0.2, 0) is 9.53 Å². The number of amides is 1. The van der Waals surface area contributed by atoms with Crippen LogP contribution in [0.1, 0.15) is 50.6 Å². The lowest BCUT2D eigenvalue weighted by Gasteiger charge is -2.33. The molecule has 2 fully saturated rings. The van der Waals surface area contributed by atoms with Crippen molar-refractivity contribution in [1.29, 1.82) is 0 Å². The molecule has 1 aliphatic carbocycles. The van der Waals surface area contributed by atoms with Crippen LogP contribution in [-0.4, -0.2) is 25.0 Å². The van der Waals surface area contributed by atoms with Crippen LogP contribution in [0, 0.1) is 0 Å². The van der Waals surface area contributed by atoms with Crippen LogP contribution in [0.15, 0.2) is 24.3 Å². The molecule has 1 saturated carbocycles. The first-order chi connectivity index (χ1) is 10.6. The number of benzene rings is 1. The standard InChI is InChI=1S/C17H24N2O3/c1-12(21-2)22-14-8-6-13(7-9-14)15-16(20)19-17(18-15)10-4-3-5-11-17/h6-9,12,15,18H,3-5,10-11H2,1-2H3,(H,19,20). The van der Waals surface area contributed by atoms with Gasteiger partial charge in [0.25, 0.3) is 0 Å². The molecule has 1 aliphatic heterocycles. The largest absolute Gasteiger partial charge is 0.465 e. The number of ether oxygens (including phenoxy) is 2. The maximum atomic E-state index is 12.3. The molecule has 2 aliphatic rings. The van der Waals surface area contributed by atoms with Crippen LogP contribution >= 0.6 is 0 Å². The molecular weight excluding hydrogens is 280 g/mol. The predicted octanol–water partition coefficient (Wildman–Crippen LogP) is 2.48. The fourth-order valence-corrected chi connectivity index (χ4v) is 3.32. The summed E-state index contributed by atoms with van der Waals surface area (Å²) in [5.41, 5.74) is 0.775. The third kappa shape index (κ3) is 3.10. The van der Waals surface area contributed by atoms with Crippen molar-refractivity contribution in [3.05, 3.63) is 29.8 Å². The number of carbonyl (C=O) groups is 1. The Morgan fingerprint density at radius 1 is 1.18 bits per heavy atom. The summed E-state index contributed by atoms with van der Waals surface area (Å²) in [7, 11) is 1.61. The number of methoxy groups -OCH3 is 1. The molecule has 0 bridgehead atoms. The molecular formula is C17H24N2O3. The highest BCUT2D eigenvalue weighted by Crippen LogP contribution is 2.33. The van der Waals surface area contributed by atoms with E-state index in [-0.39, 0.29) is 23.9 Å².